The zero-order valence-corrected chi connectivity index (χ0v) is 13.4. The molecule has 4 nitrogen and oxygen atoms in total. The first kappa shape index (κ1) is 13.1. The van der Waals surface area contributed by atoms with E-state index in [1.54, 1.807) is 0 Å². The van der Waals surface area contributed by atoms with Crippen molar-refractivity contribution in [2.45, 2.75) is 13.0 Å². The first-order valence-corrected chi connectivity index (χ1v) is 8.46. The van der Waals surface area contributed by atoms with Crippen LogP contribution in [0.3, 0.4) is 0 Å². The second-order valence-electron chi connectivity index (χ2n) is 6.49. The Labute approximate surface area is 143 Å². The van der Waals surface area contributed by atoms with Crippen LogP contribution >= 0.6 is 0 Å². The number of fused-ring (bicyclic) bond motifs is 8. The molecule has 3 aromatic heterocycles. The number of hydrogen-bond donors (Lipinski definition) is 0. The van der Waals surface area contributed by atoms with E-state index in [2.05, 4.69) is 38.8 Å². The molecule has 0 atom stereocenters. The van der Waals surface area contributed by atoms with Crippen molar-refractivity contribution in [2.24, 2.45) is 0 Å². The van der Waals surface area contributed by atoms with Crippen LogP contribution in [-0.4, -0.2) is 9.97 Å². The fraction of sp³-hybridized carbons (Fsp3) is 0.0952. The largest absolute Gasteiger partial charge is 0.456 e. The highest BCUT2D eigenvalue weighted by Gasteiger charge is 2.25. The standard InChI is InChI=1S/C21H14N3O/c1-2-6-19-14(4-1)16-11-15-13(10-20(16)25-19)7-9-24-18(15)12-23-17-5-3-8-22-21(17)24/h1-6,8,10-12H,7,9H2/q+1. The molecule has 0 unspecified atom stereocenters. The molecular formula is C21H14N3O+. The minimum absolute atomic E-state index is 0.907. The molecule has 25 heavy (non-hydrogen) atoms. The molecule has 1 aliphatic heterocycles. The lowest BCUT2D eigenvalue weighted by Crippen LogP contribution is -2.42. The average molecular weight is 324 g/mol. The number of hydrogen-bond acceptors (Lipinski definition) is 3. The molecule has 0 aliphatic carbocycles. The molecule has 4 heteroatoms. The van der Waals surface area contributed by atoms with Crippen LogP contribution in [0.2, 0.25) is 0 Å². The highest BCUT2D eigenvalue weighted by Crippen LogP contribution is 2.35. The fourth-order valence-electron chi connectivity index (χ4n) is 3.94. The molecule has 1 aliphatic rings. The van der Waals surface area contributed by atoms with Gasteiger partial charge < -0.3 is 4.42 Å². The summed E-state index contributed by atoms with van der Waals surface area (Å²) in [6.07, 6.45) is 4.77. The maximum atomic E-state index is 6.04. The Balaban J connectivity index is 1.71. The van der Waals surface area contributed by atoms with Crippen LogP contribution in [0.15, 0.2) is 65.3 Å². The molecule has 0 saturated heterocycles. The molecule has 0 fully saturated rings. The molecular weight excluding hydrogens is 310 g/mol. The van der Waals surface area contributed by atoms with Gasteiger partial charge in [-0.25, -0.2) is 9.55 Å². The van der Waals surface area contributed by atoms with E-state index in [1.807, 2.05) is 36.7 Å². The van der Waals surface area contributed by atoms with Gasteiger partial charge in [-0.15, -0.1) is 0 Å². The summed E-state index contributed by atoms with van der Waals surface area (Å²) in [7, 11) is 0. The zero-order chi connectivity index (χ0) is 16.4. The first-order valence-electron chi connectivity index (χ1n) is 8.46. The number of aromatic nitrogens is 3. The second kappa shape index (κ2) is 4.63. The monoisotopic (exact) mass is 324 g/mol. The summed E-state index contributed by atoms with van der Waals surface area (Å²) in [5.41, 5.74) is 7.44. The van der Waals surface area contributed by atoms with Crippen molar-refractivity contribution < 1.29 is 8.98 Å². The topological polar surface area (TPSA) is 42.8 Å². The second-order valence-corrected chi connectivity index (χ2v) is 6.49. The lowest BCUT2D eigenvalue weighted by atomic mass is 9.96. The zero-order valence-electron chi connectivity index (χ0n) is 13.4. The molecule has 5 aromatic rings. The van der Waals surface area contributed by atoms with Crippen LogP contribution in [0.4, 0.5) is 0 Å². The highest BCUT2D eigenvalue weighted by molar-refractivity contribution is 6.06. The van der Waals surface area contributed by atoms with E-state index in [4.69, 9.17) is 4.42 Å². The normalized spacial score (nSPS) is 13.3. The Morgan fingerprint density at radius 3 is 2.88 bits per heavy atom. The van der Waals surface area contributed by atoms with Crippen molar-refractivity contribution in [1.29, 1.82) is 0 Å². The van der Waals surface area contributed by atoms with Crippen LogP contribution in [0.1, 0.15) is 5.56 Å². The van der Waals surface area contributed by atoms with Gasteiger partial charge in [-0.2, -0.15) is 0 Å². The van der Waals surface area contributed by atoms with Crippen LogP contribution < -0.4 is 4.57 Å². The molecule has 2 aromatic carbocycles. The lowest BCUT2D eigenvalue weighted by molar-refractivity contribution is -0.664. The van der Waals surface area contributed by atoms with Crippen molar-refractivity contribution in [3.8, 4) is 11.3 Å². The summed E-state index contributed by atoms with van der Waals surface area (Å²) in [5, 5.41) is 2.31. The number of para-hydroxylation sites is 1. The number of pyridine rings is 1. The van der Waals surface area contributed by atoms with E-state index in [9.17, 15) is 0 Å². The number of furan rings is 1. The predicted molar refractivity (Wildman–Crippen MR) is 96.2 cm³/mol. The van der Waals surface area contributed by atoms with Gasteiger partial charge >= 0.3 is 5.65 Å². The minimum atomic E-state index is 0.907. The van der Waals surface area contributed by atoms with Crippen molar-refractivity contribution in [3.05, 3.63) is 66.5 Å². The minimum Gasteiger partial charge on any atom is -0.456 e. The van der Waals surface area contributed by atoms with Gasteiger partial charge in [-0.3, -0.25) is 0 Å². The van der Waals surface area contributed by atoms with Crippen molar-refractivity contribution in [3.63, 3.8) is 0 Å². The van der Waals surface area contributed by atoms with Gasteiger partial charge in [0.1, 0.15) is 17.4 Å². The Bertz CT molecular complexity index is 1300. The van der Waals surface area contributed by atoms with Gasteiger partial charge in [0.15, 0.2) is 11.2 Å². The highest BCUT2D eigenvalue weighted by atomic mass is 16.3. The maximum absolute atomic E-state index is 6.04. The average Bonchev–Trinajstić information content (AvgIpc) is 3.03. The maximum Gasteiger partial charge on any atom is 0.349 e. The van der Waals surface area contributed by atoms with Crippen LogP contribution in [0.25, 0.3) is 44.4 Å². The van der Waals surface area contributed by atoms with Crippen molar-refractivity contribution >= 4 is 33.1 Å². The fourth-order valence-corrected chi connectivity index (χ4v) is 3.94. The van der Waals surface area contributed by atoms with Crippen LogP contribution in [0, 0.1) is 0 Å². The summed E-state index contributed by atoms with van der Waals surface area (Å²) >= 11 is 0. The summed E-state index contributed by atoms with van der Waals surface area (Å²) in [5.74, 6) is 0. The molecule has 0 radical (unpaired) electrons. The van der Waals surface area contributed by atoms with E-state index < -0.39 is 0 Å². The summed E-state index contributed by atoms with van der Waals surface area (Å²) in [6.45, 7) is 0.907. The number of benzene rings is 2. The van der Waals surface area contributed by atoms with Gasteiger partial charge in [-0.1, -0.05) is 18.2 Å². The van der Waals surface area contributed by atoms with Gasteiger partial charge in [0.2, 0.25) is 0 Å². The molecule has 0 saturated carbocycles. The molecule has 0 spiro atoms. The molecule has 0 bridgehead atoms. The van der Waals surface area contributed by atoms with Gasteiger partial charge in [0.05, 0.1) is 12.7 Å². The SMILES string of the molecule is c1cnc2c(c1)ncc1[n+]2CCc2cc3oc4ccccc4c3cc2-1. The van der Waals surface area contributed by atoms with Gasteiger partial charge in [-0.05, 0) is 40.9 Å². The Morgan fingerprint density at radius 2 is 1.88 bits per heavy atom. The quantitative estimate of drug-likeness (QED) is 0.404. The molecule has 118 valence electrons. The summed E-state index contributed by atoms with van der Waals surface area (Å²) in [6, 6.07) is 16.6. The van der Waals surface area contributed by atoms with E-state index in [0.29, 0.717) is 0 Å². The van der Waals surface area contributed by atoms with Crippen molar-refractivity contribution in [1.82, 2.24) is 9.97 Å². The Hall–Kier alpha value is -3.27. The van der Waals surface area contributed by atoms with Crippen LogP contribution in [-0.2, 0) is 13.0 Å². The first-order chi connectivity index (χ1) is 12.4. The van der Waals surface area contributed by atoms with Crippen LogP contribution in [0.5, 0.6) is 0 Å². The van der Waals surface area contributed by atoms with Gasteiger partial charge in [0.25, 0.3) is 0 Å². The number of aryl methyl sites for hydroxylation is 2. The summed E-state index contributed by atoms with van der Waals surface area (Å²) in [4.78, 5) is 9.17. The Morgan fingerprint density at radius 1 is 0.920 bits per heavy atom. The Kier molecular flexibility index (Phi) is 2.42. The predicted octanol–water partition coefficient (Wildman–Crippen LogP) is 4.04. The van der Waals surface area contributed by atoms with E-state index in [0.717, 1.165) is 51.8 Å². The molecule has 0 amide bonds. The third kappa shape index (κ3) is 1.74. The third-order valence-corrected chi connectivity index (χ3v) is 5.12. The molecule has 0 N–H and O–H groups in total. The van der Waals surface area contributed by atoms with Gasteiger partial charge in [0, 0.05) is 22.8 Å². The smallest absolute Gasteiger partial charge is 0.349 e. The van der Waals surface area contributed by atoms with E-state index in [1.165, 1.54) is 11.1 Å². The third-order valence-electron chi connectivity index (χ3n) is 5.12. The molecule has 6 rings (SSSR count). The lowest BCUT2D eigenvalue weighted by Gasteiger charge is -2.17. The summed E-state index contributed by atoms with van der Waals surface area (Å²) < 4.78 is 8.32. The van der Waals surface area contributed by atoms with E-state index >= 15 is 0 Å². The number of nitrogens with zero attached hydrogens (tertiary/aromatic N) is 3. The number of rotatable bonds is 0. The van der Waals surface area contributed by atoms with Crippen molar-refractivity contribution in [2.75, 3.05) is 0 Å². The van der Waals surface area contributed by atoms with E-state index in [-0.39, 0.29) is 0 Å². The molecule has 4 heterocycles.